The molecule has 2 heteroatoms. The molecule has 0 radical (unpaired) electrons. The minimum Gasteiger partial charge on any atom is -0.463 e. The van der Waals surface area contributed by atoms with Gasteiger partial charge in [0.1, 0.15) is 0 Å². The largest absolute Gasteiger partial charge is 0.463 e. The lowest BCUT2D eigenvalue weighted by Gasteiger charge is -2.06. The van der Waals surface area contributed by atoms with E-state index in [9.17, 15) is 4.79 Å². The minimum absolute atomic E-state index is 0.296. The van der Waals surface area contributed by atoms with E-state index in [0.717, 1.165) is 12.0 Å². The van der Waals surface area contributed by atoms with Gasteiger partial charge in [0.15, 0.2) is 0 Å². The van der Waals surface area contributed by atoms with Crippen molar-refractivity contribution in [2.24, 2.45) is 0 Å². The smallest absolute Gasteiger partial charge is 0.330 e. The molecular weight excluding hydrogens is 224 g/mol. The minimum atomic E-state index is -0.296. The lowest BCUT2D eigenvalue weighted by molar-refractivity contribution is -0.137. The fourth-order valence-electron chi connectivity index (χ4n) is 1.61. The van der Waals surface area contributed by atoms with Crippen molar-refractivity contribution in [2.75, 3.05) is 6.61 Å². The Kier molecular flexibility index (Phi) is 5.92. The molecule has 0 saturated carbocycles. The Hall–Kier alpha value is -1.83. The Morgan fingerprint density at radius 2 is 2.06 bits per heavy atom. The van der Waals surface area contributed by atoms with Crippen LogP contribution >= 0.6 is 0 Å². The van der Waals surface area contributed by atoms with Crippen molar-refractivity contribution in [1.29, 1.82) is 0 Å². The van der Waals surface area contributed by atoms with Crippen LogP contribution in [-0.2, 0) is 16.0 Å². The number of hydrogen-bond acceptors (Lipinski definition) is 2. The number of esters is 1. The van der Waals surface area contributed by atoms with Crippen molar-refractivity contribution in [3.05, 3.63) is 53.1 Å². The monoisotopic (exact) mass is 244 g/mol. The molecule has 0 aliphatic rings. The maximum atomic E-state index is 11.3. The summed E-state index contributed by atoms with van der Waals surface area (Å²) in [5.74, 6) is -0.296. The predicted molar refractivity (Wildman–Crippen MR) is 75.2 cm³/mol. The van der Waals surface area contributed by atoms with Gasteiger partial charge in [0.25, 0.3) is 0 Å². The van der Waals surface area contributed by atoms with Crippen LogP contribution in [0.5, 0.6) is 0 Å². The van der Waals surface area contributed by atoms with Crippen LogP contribution in [0.15, 0.2) is 42.0 Å². The van der Waals surface area contributed by atoms with Crippen LogP contribution in [0.3, 0.4) is 0 Å². The topological polar surface area (TPSA) is 26.3 Å². The van der Waals surface area contributed by atoms with Crippen LogP contribution < -0.4 is 0 Å². The average Bonchev–Trinajstić information content (AvgIpc) is 2.38. The predicted octanol–water partition coefficient (Wildman–Crippen LogP) is 3.77. The Bertz CT molecular complexity index is 456. The first-order valence-corrected chi connectivity index (χ1v) is 6.22. The van der Waals surface area contributed by atoms with Gasteiger partial charge in [0.2, 0.25) is 0 Å². The molecule has 0 N–H and O–H groups in total. The molecule has 0 heterocycles. The molecule has 1 aromatic carbocycles. The second kappa shape index (κ2) is 7.49. The van der Waals surface area contributed by atoms with Crippen molar-refractivity contribution >= 4 is 12.0 Å². The van der Waals surface area contributed by atoms with E-state index in [-0.39, 0.29) is 5.97 Å². The fraction of sp³-hybridized carbons (Fsp3) is 0.312. The van der Waals surface area contributed by atoms with Gasteiger partial charge in [0.05, 0.1) is 6.61 Å². The highest BCUT2D eigenvalue weighted by molar-refractivity contribution is 5.87. The van der Waals surface area contributed by atoms with Crippen molar-refractivity contribution in [2.45, 2.75) is 27.2 Å². The average molecular weight is 244 g/mol. The van der Waals surface area contributed by atoms with Gasteiger partial charge in [-0.1, -0.05) is 35.9 Å². The van der Waals surface area contributed by atoms with Crippen LogP contribution in [0.2, 0.25) is 0 Å². The summed E-state index contributed by atoms with van der Waals surface area (Å²) in [7, 11) is 0. The molecule has 0 aliphatic carbocycles. The van der Waals surface area contributed by atoms with E-state index in [4.69, 9.17) is 4.74 Å². The van der Waals surface area contributed by atoms with E-state index in [0.29, 0.717) is 6.61 Å². The first-order chi connectivity index (χ1) is 8.67. The van der Waals surface area contributed by atoms with Gasteiger partial charge in [-0.05, 0) is 44.4 Å². The van der Waals surface area contributed by atoms with Crippen molar-refractivity contribution in [1.82, 2.24) is 0 Å². The molecule has 96 valence electrons. The van der Waals surface area contributed by atoms with E-state index in [1.165, 1.54) is 17.2 Å². The second-order valence-electron chi connectivity index (χ2n) is 4.10. The Labute approximate surface area is 109 Å². The Morgan fingerprint density at radius 1 is 1.33 bits per heavy atom. The number of allylic oxidation sites excluding steroid dienone is 2. The highest BCUT2D eigenvalue weighted by Gasteiger charge is 2.00. The molecule has 0 saturated heterocycles. The summed E-state index contributed by atoms with van der Waals surface area (Å²) in [5.41, 5.74) is 3.59. The van der Waals surface area contributed by atoms with E-state index < -0.39 is 0 Å². The molecule has 0 atom stereocenters. The van der Waals surface area contributed by atoms with Gasteiger partial charge < -0.3 is 4.74 Å². The zero-order valence-electron chi connectivity index (χ0n) is 11.3. The molecule has 0 unspecified atom stereocenters. The van der Waals surface area contributed by atoms with E-state index in [2.05, 4.69) is 19.1 Å². The molecule has 1 rings (SSSR count). The van der Waals surface area contributed by atoms with Gasteiger partial charge in [-0.3, -0.25) is 0 Å². The van der Waals surface area contributed by atoms with Crippen LogP contribution in [0.25, 0.3) is 6.08 Å². The number of hydrogen-bond donors (Lipinski definition) is 0. The Morgan fingerprint density at radius 3 is 2.72 bits per heavy atom. The van der Waals surface area contributed by atoms with E-state index in [1.807, 2.05) is 31.2 Å². The van der Waals surface area contributed by atoms with Gasteiger partial charge in [-0.25, -0.2) is 4.79 Å². The van der Waals surface area contributed by atoms with Crippen molar-refractivity contribution < 1.29 is 9.53 Å². The number of ether oxygens (including phenoxy) is 1. The molecule has 0 spiro atoms. The molecule has 0 fully saturated rings. The van der Waals surface area contributed by atoms with Crippen LogP contribution in [0, 0.1) is 0 Å². The highest BCUT2D eigenvalue weighted by atomic mass is 16.5. The number of rotatable bonds is 5. The fourth-order valence-corrected chi connectivity index (χ4v) is 1.61. The van der Waals surface area contributed by atoms with Crippen LogP contribution in [0.4, 0.5) is 0 Å². The van der Waals surface area contributed by atoms with Crippen LogP contribution in [-0.4, -0.2) is 12.6 Å². The molecule has 1 aromatic rings. The third kappa shape index (κ3) is 4.58. The molecule has 0 bridgehead atoms. The summed E-state index contributed by atoms with van der Waals surface area (Å²) >= 11 is 0. The van der Waals surface area contributed by atoms with E-state index in [1.54, 1.807) is 6.92 Å². The third-order valence-electron chi connectivity index (χ3n) is 2.70. The number of carbonyl (C=O) groups excluding carboxylic acids is 1. The molecular formula is C16H20O2. The highest BCUT2D eigenvalue weighted by Crippen LogP contribution is 2.15. The van der Waals surface area contributed by atoms with Gasteiger partial charge >= 0.3 is 5.97 Å². The zero-order valence-corrected chi connectivity index (χ0v) is 11.3. The maximum absolute atomic E-state index is 11.3. The molecule has 0 amide bonds. The molecule has 18 heavy (non-hydrogen) atoms. The summed E-state index contributed by atoms with van der Waals surface area (Å²) < 4.78 is 4.87. The third-order valence-corrected chi connectivity index (χ3v) is 2.70. The second-order valence-corrected chi connectivity index (χ2v) is 4.10. The quantitative estimate of drug-likeness (QED) is 0.447. The summed E-state index contributed by atoms with van der Waals surface area (Å²) in [6, 6.07) is 8.07. The standard InChI is InChI=1S/C16H20O2/c1-4-13(3)12-15-9-7-6-8-14(15)10-11-16(17)18-5-2/h4,6-11H,5,12H2,1-3H3/b11-10+,13-4+. The summed E-state index contributed by atoms with van der Waals surface area (Å²) in [6.45, 7) is 6.34. The number of benzene rings is 1. The van der Waals surface area contributed by atoms with Gasteiger partial charge in [-0.15, -0.1) is 0 Å². The first kappa shape index (κ1) is 14.2. The SMILES string of the molecule is C/C=C(\C)Cc1ccccc1/C=C/C(=O)OCC. The normalized spacial score (nSPS) is 11.8. The van der Waals surface area contributed by atoms with Crippen molar-refractivity contribution in [3.63, 3.8) is 0 Å². The molecule has 2 nitrogen and oxygen atoms in total. The zero-order chi connectivity index (χ0) is 13.4. The first-order valence-electron chi connectivity index (χ1n) is 6.22. The lowest BCUT2D eigenvalue weighted by Crippen LogP contribution is -1.99. The summed E-state index contributed by atoms with van der Waals surface area (Å²) in [5, 5.41) is 0. The lowest BCUT2D eigenvalue weighted by atomic mass is 10.00. The van der Waals surface area contributed by atoms with Gasteiger partial charge in [-0.2, -0.15) is 0 Å². The maximum Gasteiger partial charge on any atom is 0.330 e. The van der Waals surface area contributed by atoms with Crippen molar-refractivity contribution in [3.8, 4) is 0 Å². The number of carbonyl (C=O) groups is 1. The van der Waals surface area contributed by atoms with Crippen LogP contribution in [0.1, 0.15) is 31.9 Å². The summed E-state index contributed by atoms with van der Waals surface area (Å²) in [4.78, 5) is 11.3. The molecule has 0 aliphatic heterocycles. The van der Waals surface area contributed by atoms with E-state index >= 15 is 0 Å². The van der Waals surface area contributed by atoms with Gasteiger partial charge in [0, 0.05) is 6.08 Å². The summed E-state index contributed by atoms with van der Waals surface area (Å²) in [6.07, 6.45) is 6.30. The Balaban J connectivity index is 2.85. The molecule has 0 aromatic heterocycles.